The zero-order chi connectivity index (χ0) is 28.9. The molecule has 2 aromatic carbocycles. The Hall–Kier alpha value is -3.74. The van der Waals surface area contributed by atoms with Crippen LogP contribution in [0.3, 0.4) is 0 Å². The highest BCUT2D eigenvalue weighted by Gasteiger charge is 2.30. The zero-order valence-electron chi connectivity index (χ0n) is 22.8. The second-order valence-corrected chi connectivity index (χ2v) is 11.6. The van der Waals surface area contributed by atoms with Gasteiger partial charge in [-0.1, -0.05) is 12.1 Å². The highest BCUT2D eigenvalue weighted by atomic mass is 32.2. The summed E-state index contributed by atoms with van der Waals surface area (Å²) in [6.45, 7) is 5.26. The Balaban J connectivity index is 1.58. The summed E-state index contributed by atoms with van der Waals surface area (Å²) in [5, 5.41) is 13.4. The molecule has 11 nitrogen and oxygen atoms in total. The van der Waals surface area contributed by atoms with Crippen molar-refractivity contribution in [2.75, 3.05) is 49.1 Å². The monoisotopic (exact) mass is 569 g/mol. The SMILES string of the molecule is CCN(C(=O)COc1ccc(NS(C)(=O)=O)c2ncccc12)[C@H](CN1CC[C@H](O)C1)c1cccc(NC(C)=O)c1. The molecular weight excluding hydrogens is 534 g/mol. The molecule has 1 aliphatic rings. The van der Waals surface area contributed by atoms with Gasteiger partial charge in [-0.25, -0.2) is 8.42 Å². The Morgan fingerprint density at radius 1 is 1.23 bits per heavy atom. The number of carbonyl (C=O) groups is 2. The topological polar surface area (TPSA) is 141 Å². The molecule has 0 unspecified atom stereocenters. The van der Waals surface area contributed by atoms with Gasteiger partial charge in [0.25, 0.3) is 5.91 Å². The molecule has 1 fully saturated rings. The number of likely N-dealkylation sites (N-methyl/N-ethyl adjacent to an activating group) is 1. The molecule has 0 aliphatic carbocycles. The first-order chi connectivity index (χ1) is 19.0. The van der Waals surface area contributed by atoms with Gasteiger partial charge in [0.2, 0.25) is 15.9 Å². The zero-order valence-corrected chi connectivity index (χ0v) is 23.6. The second kappa shape index (κ2) is 12.6. The molecule has 0 bridgehead atoms. The minimum absolute atomic E-state index is 0.187. The van der Waals surface area contributed by atoms with Gasteiger partial charge in [0.05, 0.1) is 29.6 Å². The number of β-amino-alcohol motifs (C(OH)–C–C–N with tert-alkyl or cyclic N) is 1. The van der Waals surface area contributed by atoms with Crippen molar-refractivity contribution < 1.29 is 27.9 Å². The molecule has 1 aliphatic heterocycles. The normalized spacial score (nSPS) is 16.4. The van der Waals surface area contributed by atoms with Crippen LogP contribution in [0.2, 0.25) is 0 Å². The fraction of sp³-hybridized carbons (Fsp3) is 0.393. The van der Waals surface area contributed by atoms with Crippen LogP contribution in [0, 0.1) is 0 Å². The number of pyridine rings is 1. The Labute approximate surface area is 234 Å². The lowest BCUT2D eigenvalue weighted by Gasteiger charge is -2.34. The number of sulfonamides is 1. The minimum atomic E-state index is -3.52. The minimum Gasteiger partial charge on any atom is -0.483 e. The van der Waals surface area contributed by atoms with Gasteiger partial charge in [-0.2, -0.15) is 0 Å². The van der Waals surface area contributed by atoms with Crippen molar-refractivity contribution in [3.8, 4) is 5.75 Å². The van der Waals surface area contributed by atoms with Crippen molar-refractivity contribution in [2.45, 2.75) is 32.4 Å². The number of ether oxygens (including phenoxy) is 1. The summed E-state index contributed by atoms with van der Waals surface area (Å²) >= 11 is 0. The first kappa shape index (κ1) is 29.2. The van der Waals surface area contributed by atoms with Crippen molar-refractivity contribution in [1.82, 2.24) is 14.8 Å². The van der Waals surface area contributed by atoms with Crippen molar-refractivity contribution in [2.24, 2.45) is 0 Å². The molecule has 40 heavy (non-hydrogen) atoms. The summed E-state index contributed by atoms with van der Waals surface area (Å²) in [6, 6.07) is 13.7. The molecule has 214 valence electrons. The van der Waals surface area contributed by atoms with E-state index in [9.17, 15) is 23.1 Å². The molecule has 0 spiro atoms. The van der Waals surface area contributed by atoms with E-state index in [4.69, 9.17) is 4.74 Å². The number of aliphatic hydroxyl groups excluding tert-OH is 1. The number of nitrogens with one attached hydrogen (secondary N) is 2. The van der Waals surface area contributed by atoms with Gasteiger partial charge in [0, 0.05) is 50.4 Å². The Morgan fingerprint density at radius 3 is 2.70 bits per heavy atom. The maximum absolute atomic E-state index is 13.6. The third-order valence-electron chi connectivity index (χ3n) is 6.68. The summed E-state index contributed by atoms with van der Waals surface area (Å²) in [6.07, 6.45) is 2.89. The number of hydrogen-bond acceptors (Lipinski definition) is 8. The number of nitrogens with zero attached hydrogens (tertiary/aromatic N) is 3. The van der Waals surface area contributed by atoms with Crippen LogP contribution in [-0.2, 0) is 19.6 Å². The van der Waals surface area contributed by atoms with Crippen LogP contribution in [0.4, 0.5) is 11.4 Å². The van der Waals surface area contributed by atoms with E-state index >= 15 is 0 Å². The van der Waals surface area contributed by atoms with Crippen LogP contribution >= 0.6 is 0 Å². The molecule has 1 aromatic heterocycles. The van der Waals surface area contributed by atoms with Gasteiger partial charge in [-0.15, -0.1) is 0 Å². The van der Waals surface area contributed by atoms with E-state index in [1.807, 2.05) is 25.1 Å². The van der Waals surface area contributed by atoms with Crippen LogP contribution in [0.1, 0.15) is 31.9 Å². The van der Waals surface area contributed by atoms with E-state index in [0.29, 0.717) is 54.1 Å². The van der Waals surface area contributed by atoms with Crippen LogP contribution in [0.5, 0.6) is 5.75 Å². The standard InChI is InChI=1S/C28H35N5O6S/c1-4-33(25(17-32-14-12-22(35)16-32)20-7-5-8-21(15-20)30-19(2)34)27(36)18-39-26-11-10-24(31-40(3,37)38)28-23(26)9-6-13-29-28/h5-11,13,15,22,25,31,35H,4,12,14,16-18H2,1-3H3,(H,30,34)/t22-,25+/m0/s1. The van der Waals surface area contributed by atoms with Crippen LogP contribution in [0.15, 0.2) is 54.7 Å². The Morgan fingerprint density at radius 2 is 2.02 bits per heavy atom. The largest absolute Gasteiger partial charge is 0.483 e. The number of rotatable bonds is 11. The molecule has 1 saturated heterocycles. The third kappa shape index (κ3) is 7.46. The van der Waals surface area contributed by atoms with Gasteiger partial charge < -0.3 is 20.1 Å². The van der Waals surface area contributed by atoms with Gasteiger partial charge in [-0.3, -0.25) is 24.2 Å². The lowest BCUT2D eigenvalue weighted by molar-refractivity contribution is -0.136. The summed E-state index contributed by atoms with van der Waals surface area (Å²) in [7, 11) is -3.52. The number of anilines is 2. The summed E-state index contributed by atoms with van der Waals surface area (Å²) < 4.78 is 32.0. The molecule has 3 aromatic rings. The Bertz CT molecular complexity index is 1480. The van der Waals surface area contributed by atoms with Crippen molar-refractivity contribution >= 4 is 44.1 Å². The quantitative estimate of drug-likeness (QED) is 0.320. The number of amides is 2. The summed E-state index contributed by atoms with van der Waals surface area (Å²) in [4.78, 5) is 33.4. The molecular formula is C28H35N5O6S. The van der Waals surface area contributed by atoms with Gasteiger partial charge in [0.1, 0.15) is 5.75 Å². The molecule has 2 amide bonds. The summed E-state index contributed by atoms with van der Waals surface area (Å²) in [5.74, 6) is -0.0290. The highest BCUT2D eigenvalue weighted by Crippen LogP contribution is 2.31. The highest BCUT2D eigenvalue weighted by molar-refractivity contribution is 7.92. The van der Waals surface area contributed by atoms with E-state index in [2.05, 4.69) is 19.9 Å². The average Bonchev–Trinajstić information content (AvgIpc) is 3.31. The predicted molar refractivity (Wildman–Crippen MR) is 154 cm³/mol. The van der Waals surface area contributed by atoms with Crippen molar-refractivity contribution in [1.29, 1.82) is 0 Å². The van der Waals surface area contributed by atoms with E-state index in [1.54, 1.807) is 41.4 Å². The van der Waals surface area contributed by atoms with Crippen molar-refractivity contribution in [3.63, 3.8) is 0 Å². The molecule has 2 heterocycles. The number of aliphatic hydroxyl groups is 1. The number of carbonyl (C=O) groups excluding carboxylic acids is 2. The maximum Gasteiger partial charge on any atom is 0.261 e. The third-order valence-corrected chi connectivity index (χ3v) is 7.27. The van der Waals surface area contributed by atoms with Crippen LogP contribution in [-0.4, -0.2) is 85.3 Å². The lowest BCUT2D eigenvalue weighted by Crippen LogP contribution is -2.43. The average molecular weight is 570 g/mol. The molecule has 4 rings (SSSR count). The molecule has 12 heteroatoms. The number of likely N-dealkylation sites (tertiary alicyclic amines) is 1. The maximum atomic E-state index is 13.6. The van der Waals surface area contributed by atoms with E-state index in [-0.39, 0.29) is 24.5 Å². The first-order valence-electron chi connectivity index (χ1n) is 13.1. The second-order valence-electron chi connectivity index (χ2n) is 9.88. The number of aromatic nitrogens is 1. The van der Waals surface area contributed by atoms with Crippen molar-refractivity contribution in [3.05, 3.63) is 60.3 Å². The summed E-state index contributed by atoms with van der Waals surface area (Å²) in [5.41, 5.74) is 2.22. The molecule has 3 N–H and O–H groups in total. The number of hydrogen-bond donors (Lipinski definition) is 3. The lowest BCUT2D eigenvalue weighted by atomic mass is 10.0. The fourth-order valence-electron chi connectivity index (χ4n) is 4.98. The Kier molecular flexibility index (Phi) is 9.23. The fourth-order valence-corrected chi connectivity index (χ4v) is 5.55. The van der Waals surface area contributed by atoms with Crippen LogP contribution < -0.4 is 14.8 Å². The smallest absolute Gasteiger partial charge is 0.261 e. The number of benzene rings is 2. The van der Waals surface area contributed by atoms with Gasteiger partial charge in [0.15, 0.2) is 6.61 Å². The van der Waals surface area contributed by atoms with Crippen LogP contribution in [0.25, 0.3) is 10.9 Å². The first-order valence-corrected chi connectivity index (χ1v) is 15.0. The van der Waals surface area contributed by atoms with E-state index in [1.165, 1.54) is 6.92 Å². The van der Waals surface area contributed by atoms with Gasteiger partial charge >= 0.3 is 0 Å². The molecule has 0 radical (unpaired) electrons. The van der Waals surface area contributed by atoms with E-state index < -0.39 is 16.1 Å². The van der Waals surface area contributed by atoms with E-state index in [0.717, 1.165) is 18.4 Å². The molecule has 0 saturated carbocycles. The molecule has 2 atom stereocenters. The predicted octanol–water partition coefficient (Wildman–Crippen LogP) is 2.60. The number of fused-ring (bicyclic) bond motifs is 1. The van der Waals surface area contributed by atoms with Gasteiger partial charge in [-0.05, 0) is 55.3 Å².